The van der Waals surface area contributed by atoms with Gasteiger partial charge in [-0.2, -0.15) is 0 Å². The number of aliphatic carboxylic acids is 1. The highest BCUT2D eigenvalue weighted by Gasteiger charge is 2.32. The van der Waals surface area contributed by atoms with Gasteiger partial charge in [0.2, 0.25) is 0 Å². The number of nitrogen functional groups attached to an aromatic ring is 1. The molecule has 0 saturated heterocycles. The van der Waals surface area contributed by atoms with Gasteiger partial charge in [-0.15, -0.1) is 0 Å². The average Bonchev–Trinajstić information content (AvgIpc) is 2.63. The fourth-order valence-corrected chi connectivity index (χ4v) is 3.58. The number of ether oxygens (including phenoxy) is 1. The molecule has 1 atom stereocenters. The van der Waals surface area contributed by atoms with Gasteiger partial charge in [-0.1, -0.05) is 48.0 Å². The predicted octanol–water partition coefficient (Wildman–Crippen LogP) is 5.99. The maximum atomic E-state index is 12.2. The van der Waals surface area contributed by atoms with E-state index < -0.39 is 17.7 Å². The number of hydrogen-bond donors (Lipinski definition) is 2. The van der Waals surface area contributed by atoms with E-state index >= 15 is 0 Å². The number of carboxylic acid groups (broad SMARTS) is 1. The van der Waals surface area contributed by atoms with E-state index in [1.54, 1.807) is 12.1 Å². The second-order valence-electron chi connectivity index (χ2n) is 7.83. The van der Waals surface area contributed by atoms with Crippen LogP contribution in [-0.4, -0.2) is 16.7 Å². The Bertz CT molecular complexity index is 1040. The molecule has 0 bridgehead atoms. The van der Waals surface area contributed by atoms with Crippen molar-refractivity contribution in [1.29, 1.82) is 0 Å². The second kappa shape index (κ2) is 7.46. The first kappa shape index (κ1) is 20.2. The van der Waals surface area contributed by atoms with Gasteiger partial charge in [0, 0.05) is 21.7 Å². The molecule has 0 aliphatic carbocycles. The van der Waals surface area contributed by atoms with Crippen LogP contribution in [0.25, 0.3) is 21.9 Å². The van der Waals surface area contributed by atoms with Crippen LogP contribution in [0.1, 0.15) is 38.0 Å². The summed E-state index contributed by atoms with van der Waals surface area (Å²) in [5.74, 6) is -1.05. The zero-order chi connectivity index (χ0) is 20.6. The molecule has 0 aliphatic heterocycles. The monoisotopic (exact) mass is 397 g/mol. The number of anilines is 1. The lowest BCUT2D eigenvalue weighted by Gasteiger charge is -2.29. The van der Waals surface area contributed by atoms with Crippen molar-refractivity contribution in [3.8, 4) is 11.1 Å². The number of carboxylic acids is 1. The summed E-state index contributed by atoms with van der Waals surface area (Å²) in [5.41, 5.74) is 9.28. The zero-order valence-electron chi connectivity index (χ0n) is 16.4. The molecular formula is C23H24ClNO3. The van der Waals surface area contributed by atoms with Crippen molar-refractivity contribution in [2.45, 2.75) is 39.4 Å². The Morgan fingerprint density at radius 3 is 2.18 bits per heavy atom. The van der Waals surface area contributed by atoms with Gasteiger partial charge < -0.3 is 15.6 Å². The molecule has 4 nitrogen and oxygen atoms in total. The van der Waals surface area contributed by atoms with E-state index in [-0.39, 0.29) is 0 Å². The van der Waals surface area contributed by atoms with Gasteiger partial charge in [0.05, 0.1) is 5.60 Å². The SMILES string of the molecule is Cc1c(C(OC(C)(C)C)C(=O)O)c(-c2ccc(Cl)cc2)c2ccccc2c1N. The lowest BCUT2D eigenvalue weighted by atomic mass is 9.86. The molecule has 0 spiro atoms. The number of nitrogens with two attached hydrogens (primary N) is 1. The first-order valence-corrected chi connectivity index (χ1v) is 9.45. The minimum absolute atomic E-state index is 0.562. The number of benzene rings is 3. The molecule has 3 aromatic rings. The van der Waals surface area contributed by atoms with Gasteiger partial charge in [0.25, 0.3) is 0 Å². The van der Waals surface area contributed by atoms with Gasteiger partial charge in [0.15, 0.2) is 6.10 Å². The molecule has 28 heavy (non-hydrogen) atoms. The maximum absolute atomic E-state index is 12.2. The molecule has 0 fully saturated rings. The molecule has 0 saturated carbocycles. The van der Waals surface area contributed by atoms with Crippen molar-refractivity contribution in [3.05, 3.63) is 64.7 Å². The van der Waals surface area contributed by atoms with Crippen molar-refractivity contribution in [3.63, 3.8) is 0 Å². The maximum Gasteiger partial charge on any atom is 0.337 e. The number of carbonyl (C=O) groups is 1. The van der Waals surface area contributed by atoms with Crippen LogP contribution in [0.3, 0.4) is 0 Å². The summed E-state index contributed by atoms with van der Waals surface area (Å²) in [6, 6.07) is 15.1. The van der Waals surface area contributed by atoms with Crippen molar-refractivity contribution >= 4 is 34.0 Å². The van der Waals surface area contributed by atoms with E-state index in [9.17, 15) is 9.90 Å². The van der Waals surface area contributed by atoms with Crippen molar-refractivity contribution < 1.29 is 14.6 Å². The summed E-state index contributed by atoms with van der Waals surface area (Å²) in [4.78, 5) is 12.2. The molecule has 3 N–H and O–H groups in total. The molecule has 0 radical (unpaired) electrons. The molecule has 0 heterocycles. The number of rotatable bonds is 4. The number of fused-ring (bicyclic) bond motifs is 1. The van der Waals surface area contributed by atoms with E-state index in [0.29, 0.717) is 21.8 Å². The van der Waals surface area contributed by atoms with Crippen molar-refractivity contribution in [2.24, 2.45) is 0 Å². The van der Waals surface area contributed by atoms with Crippen molar-refractivity contribution in [1.82, 2.24) is 0 Å². The molecular weight excluding hydrogens is 374 g/mol. The van der Waals surface area contributed by atoms with Gasteiger partial charge in [-0.05, 0) is 61.9 Å². The second-order valence-corrected chi connectivity index (χ2v) is 8.26. The summed E-state index contributed by atoms with van der Waals surface area (Å²) >= 11 is 6.07. The Morgan fingerprint density at radius 2 is 1.64 bits per heavy atom. The van der Waals surface area contributed by atoms with Gasteiger partial charge in [-0.3, -0.25) is 0 Å². The smallest absolute Gasteiger partial charge is 0.337 e. The summed E-state index contributed by atoms with van der Waals surface area (Å²) in [7, 11) is 0. The molecule has 3 rings (SSSR count). The zero-order valence-corrected chi connectivity index (χ0v) is 17.2. The minimum Gasteiger partial charge on any atom is -0.479 e. The number of halogens is 1. The Balaban J connectivity index is 2.43. The normalized spacial score (nSPS) is 12.9. The highest BCUT2D eigenvalue weighted by atomic mass is 35.5. The highest BCUT2D eigenvalue weighted by molar-refractivity contribution is 6.30. The molecule has 3 aromatic carbocycles. The lowest BCUT2D eigenvalue weighted by molar-refractivity contribution is -0.160. The molecule has 1 unspecified atom stereocenters. The first-order valence-electron chi connectivity index (χ1n) is 9.07. The van der Waals surface area contributed by atoms with Crippen LogP contribution < -0.4 is 5.73 Å². The van der Waals surface area contributed by atoms with Crippen LogP contribution in [0.2, 0.25) is 5.02 Å². The summed E-state index contributed by atoms with van der Waals surface area (Å²) < 4.78 is 5.97. The molecule has 5 heteroatoms. The third kappa shape index (κ3) is 3.84. The molecule has 0 amide bonds. The fourth-order valence-electron chi connectivity index (χ4n) is 3.46. The average molecular weight is 398 g/mol. The van der Waals surface area contributed by atoms with E-state index in [1.807, 2.05) is 64.1 Å². The van der Waals surface area contributed by atoms with Crippen LogP contribution in [0.5, 0.6) is 0 Å². The largest absolute Gasteiger partial charge is 0.479 e. The summed E-state index contributed by atoms with van der Waals surface area (Å²) in [5, 5.41) is 12.4. The standard InChI is InChI=1S/C23H24ClNO3/c1-13-18(21(22(26)27)28-23(2,3)4)19(14-9-11-15(24)12-10-14)16-7-5-6-8-17(16)20(13)25/h5-12,21H,25H2,1-4H3,(H,26,27). The first-order chi connectivity index (χ1) is 13.1. The van der Waals surface area contributed by atoms with Gasteiger partial charge in [0.1, 0.15) is 0 Å². The van der Waals surface area contributed by atoms with E-state index in [0.717, 1.165) is 21.9 Å². The van der Waals surface area contributed by atoms with Crippen LogP contribution >= 0.6 is 11.6 Å². The molecule has 0 aromatic heterocycles. The Labute approximate surface area is 169 Å². The number of hydrogen-bond acceptors (Lipinski definition) is 3. The topological polar surface area (TPSA) is 72.5 Å². The Hall–Kier alpha value is -2.56. The molecule has 146 valence electrons. The highest BCUT2D eigenvalue weighted by Crippen LogP contribution is 2.43. The lowest BCUT2D eigenvalue weighted by Crippen LogP contribution is -2.28. The van der Waals surface area contributed by atoms with E-state index in [4.69, 9.17) is 22.1 Å². The summed E-state index contributed by atoms with van der Waals surface area (Å²) in [6.45, 7) is 7.36. The van der Waals surface area contributed by atoms with Gasteiger partial charge in [-0.25, -0.2) is 4.79 Å². The quantitative estimate of drug-likeness (QED) is 0.530. The Morgan fingerprint density at radius 1 is 1.07 bits per heavy atom. The van der Waals surface area contributed by atoms with E-state index in [1.165, 1.54) is 0 Å². The molecule has 0 aliphatic rings. The van der Waals surface area contributed by atoms with E-state index in [2.05, 4.69) is 0 Å². The third-order valence-electron chi connectivity index (χ3n) is 4.65. The predicted molar refractivity (Wildman–Crippen MR) is 115 cm³/mol. The van der Waals surface area contributed by atoms with Gasteiger partial charge >= 0.3 is 5.97 Å². The van der Waals surface area contributed by atoms with Crippen LogP contribution in [-0.2, 0) is 9.53 Å². The van der Waals surface area contributed by atoms with Crippen LogP contribution in [0, 0.1) is 6.92 Å². The van der Waals surface area contributed by atoms with Crippen LogP contribution in [0.4, 0.5) is 5.69 Å². The fraction of sp³-hybridized carbons (Fsp3) is 0.261. The Kier molecular flexibility index (Phi) is 5.37. The third-order valence-corrected chi connectivity index (χ3v) is 4.91. The minimum atomic E-state index is -1.16. The summed E-state index contributed by atoms with van der Waals surface area (Å²) in [6.07, 6.45) is -1.16. The van der Waals surface area contributed by atoms with Crippen molar-refractivity contribution in [2.75, 3.05) is 5.73 Å². The van der Waals surface area contributed by atoms with Crippen LogP contribution in [0.15, 0.2) is 48.5 Å².